The van der Waals surface area contributed by atoms with Crippen molar-refractivity contribution in [1.82, 2.24) is 0 Å². The average Bonchev–Trinajstić information content (AvgIpc) is 2.80. The van der Waals surface area contributed by atoms with E-state index in [0.29, 0.717) is 17.4 Å². The van der Waals surface area contributed by atoms with Crippen LogP contribution < -0.4 is 4.89 Å². The van der Waals surface area contributed by atoms with Gasteiger partial charge in [-0.1, -0.05) is 62.6 Å². The largest absolute Gasteiger partial charge is 0.756 e. The number of carbonyl (C=O) groups is 1. The highest BCUT2D eigenvalue weighted by atomic mass is 31.2. The van der Waals surface area contributed by atoms with Gasteiger partial charge in [0.05, 0.1) is 27.7 Å². The van der Waals surface area contributed by atoms with E-state index < -0.39 is 26.5 Å². The van der Waals surface area contributed by atoms with Gasteiger partial charge >= 0.3 is 5.97 Å². The van der Waals surface area contributed by atoms with E-state index in [0.717, 1.165) is 51.4 Å². The molecule has 10 heteroatoms. The minimum absolute atomic E-state index is 0.0321. The molecule has 0 amide bonds. The van der Waals surface area contributed by atoms with Crippen molar-refractivity contribution in [1.29, 1.82) is 0 Å². The highest BCUT2D eigenvalue weighted by molar-refractivity contribution is 7.45. The Balaban J connectivity index is 3.78. The molecule has 0 aliphatic carbocycles. The number of rotatable bonds is 23. The Labute approximate surface area is 217 Å². The standard InChI is InChI=1S/C26H48NO8P/c1-5-6-7-8-9-10-11-12-13-14-15-16-17-18-19-20-26(28)32-23-25(35-29)24-34-36(30,31)33-22-21-27(2,3)4/h6-7,9-10,12-13,25H,5,8,11,14-24H2,1-4H3,(H-,29,30,31)/b7-6-,10-9-,13-12-/t25-/m1/s1. The molecule has 0 aliphatic rings. The van der Waals surface area contributed by atoms with Crippen LogP contribution in [0.25, 0.3) is 0 Å². The van der Waals surface area contributed by atoms with Crippen LogP contribution in [-0.2, 0) is 28.0 Å². The molecule has 210 valence electrons. The highest BCUT2D eigenvalue weighted by Crippen LogP contribution is 2.38. The lowest BCUT2D eigenvalue weighted by molar-refractivity contribution is -0.870. The van der Waals surface area contributed by atoms with Crippen molar-refractivity contribution in [3.8, 4) is 0 Å². The van der Waals surface area contributed by atoms with Gasteiger partial charge in [-0.05, 0) is 38.5 Å². The lowest BCUT2D eigenvalue weighted by Gasteiger charge is -2.27. The molecule has 36 heavy (non-hydrogen) atoms. The van der Waals surface area contributed by atoms with Crippen LogP contribution in [0.4, 0.5) is 0 Å². The van der Waals surface area contributed by atoms with E-state index in [2.05, 4.69) is 48.3 Å². The Morgan fingerprint density at radius 3 is 2.17 bits per heavy atom. The predicted molar refractivity (Wildman–Crippen MR) is 140 cm³/mol. The first-order chi connectivity index (χ1) is 17.1. The van der Waals surface area contributed by atoms with Crippen LogP contribution in [0.15, 0.2) is 36.5 Å². The average molecular weight is 534 g/mol. The van der Waals surface area contributed by atoms with Gasteiger partial charge in [0.25, 0.3) is 7.82 Å². The topological polar surface area (TPSA) is 114 Å². The number of ether oxygens (including phenoxy) is 1. The summed E-state index contributed by atoms with van der Waals surface area (Å²) in [6.45, 7) is 1.74. The smallest absolute Gasteiger partial charge is 0.305 e. The number of hydrogen-bond acceptors (Lipinski definition) is 8. The van der Waals surface area contributed by atoms with Gasteiger partial charge in [0.15, 0.2) is 6.10 Å². The number of likely N-dealkylation sites (N-methyl/N-ethyl adjacent to an activating group) is 1. The molecule has 1 unspecified atom stereocenters. The monoisotopic (exact) mass is 533 g/mol. The highest BCUT2D eigenvalue weighted by Gasteiger charge is 2.19. The lowest BCUT2D eigenvalue weighted by atomic mass is 10.1. The third-order valence-corrected chi connectivity index (χ3v) is 6.01. The molecule has 0 aliphatic heterocycles. The second kappa shape index (κ2) is 21.7. The zero-order valence-electron chi connectivity index (χ0n) is 22.6. The van der Waals surface area contributed by atoms with Gasteiger partial charge in [0, 0.05) is 6.42 Å². The molecule has 0 saturated carbocycles. The number of quaternary nitrogens is 1. The Kier molecular flexibility index (Phi) is 20.9. The molecule has 0 rings (SSSR count). The number of allylic oxidation sites excluding steroid dienone is 6. The molecule has 0 aromatic carbocycles. The van der Waals surface area contributed by atoms with E-state index in [1.807, 2.05) is 21.1 Å². The van der Waals surface area contributed by atoms with Crippen LogP contribution in [0.1, 0.15) is 71.1 Å². The van der Waals surface area contributed by atoms with E-state index in [4.69, 9.17) is 19.0 Å². The molecule has 1 N–H and O–H groups in total. The number of phosphoric acid groups is 1. The summed E-state index contributed by atoms with van der Waals surface area (Å²) in [6.07, 6.45) is 21.3. The SMILES string of the molecule is CC/C=C\C/C=C\C/C=C\CCCCCCCC(=O)OC[C@H](COP(=O)([O-])OCC[N+](C)(C)C)OO. The summed E-state index contributed by atoms with van der Waals surface area (Å²) < 4.78 is 26.8. The molecule has 0 spiro atoms. The Morgan fingerprint density at radius 1 is 0.917 bits per heavy atom. The van der Waals surface area contributed by atoms with Crippen LogP contribution in [0, 0.1) is 0 Å². The zero-order valence-corrected chi connectivity index (χ0v) is 23.5. The van der Waals surface area contributed by atoms with Crippen molar-refractivity contribution < 1.29 is 42.7 Å². The number of unbranched alkanes of at least 4 members (excludes halogenated alkanes) is 5. The molecule has 9 nitrogen and oxygen atoms in total. The molecule has 0 bridgehead atoms. The predicted octanol–water partition coefficient (Wildman–Crippen LogP) is 5.19. The zero-order chi connectivity index (χ0) is 27.1. The summed E-state index contributed by atoms with van der Waals surface area (Å²) in [5, 5.41) is 8.92. The van der Waals surface area contributed by atoms with Crippen molar-refractivity contribution in [3.05, 3.63) is 36.5 Å². The van der Waals surface area contributed by atoms with Crippen molar-refractivity contribution in [2.45, 2.75) is 77.2 Å². The van der Waals surface area contributed by atoms with Crippen molar-refractivity contribution in [2.24, 2.45) is 0 Å². The van der Waals surface area contributed by atoms with Crippen LogP contribution in [0.5, 0.6) is 0 Å². The lowest BCUT2D eigenvalue weighted by Crippen LogP contribution is -2.37. The second-order valence-corrected chi connectivity index (χ2v) is 11.0. The van der Waals surface area contributed by atoms with Crippen LogP contribution in [-0.4, -0.2) is 69.3 Å². The Bertz CT molecular complexity index is 688. The number of carbonyl (C=O) groups excluding carboxylic acids is 1. The molecule has 0 radical (unpaired) electrons. The molecule has 0 saturated heterocycles. The molecule has 0 fully saturated rings. The maximum atomic E-state index is 11.9. The fraction of sp³-hybridized carbons (Fsp3) is 0.731. The molecule has 2 atom stereocenters. The van der Waals surface area contributed by atoms with Crippen LogP contribution in [0.2, 0.25) is 0 Å². The van der Waals surface area contributed by atoms with Crippen molar-refractivity contribution in [2.75, 3.05) is 47.5 Å². The maximum Gasteiger partial charge on any atom is 0.305 e. The van der Waals surface area contributed by atoms with Gasteiger partial charge in [-0.15, -0.1) is 0 Å². The van der Waals surface area contributed by atoms with Gasteiger partial charge in [-0.3, -0.25) is 14.6 Å². The summed E-state index contributed by atoms with van der Waals surface area (Å²) in [4.78, 5) is 27.8. The fourth-order valence-corrected chi connectivity index (χ4v) is 3.62. The summed E-state index contributed by atoms with van der Waals surface area (Å²) in [5.74, 6) is -0.428. The summed E-state index contributed by atoms with van der Waals surface area (Å²) >= 11 is 0. The Hall–Kier alpha value is -1.32. The molecular weight excluding hydrogens is 485 g/mol. The quantitative estimate of drug-likeness (QED) is 0.0363. The number of nitrogens with zero attached hydrogens (tertiary/aromatic N) is 1. The normalized spacial score (nSPS) is 15.2. The van der Waals surface area contributed by atoms with Gasteiger partial charge in [0.1, 0.15) is 19.8 Å². The number of esters is 1. The summed E-state index contributed by atoms with van der Waals surface area (Å²) in [6, 6.07) is 0. The van der Waals surface area contributed by atoms with Crippen molar-refractivity contribution in [3.63, 3.8) is 0 Å². The van der Waals surface area contributed by atoms with E-state index >= 15 is 0 Å². The Morgan fingerprint density at radius 2 is 1.53 bits per heavy atom. The molecule has 0 heterocycles. The van der Waals surface area contributed by atoms with Gasteiger partial charge in [-0.2, -0.15) is 0 Å². The van der Waals surface area contributed by atoms with E-state index in [1.54, 1.807) is 0 Å². The first-order valence-corrected chi connectivity index (χ1v) is 14.4. The van der Waals surface area contributed by atoms with Gasteiger partial charge < -0.3 is 23.2 Å². The van der Waals surface area contributed by atoms with Crippen LogP contribution in [0.3, 0.4) is 0 Å². The number of hydrogen-bond donors (Lipinski definition) is 1. The molecule has 0 aromatic heterocycles. The fourth-order valence-electron chi connectivity index (χ4n) is 2.89. The molecule has 0 aromatic rings. The minimum Gasteiger partial charge on any atom is -0.756 e. The van der Waals surface area contributed by atoms with Gasteiger partial charge in [0.2, 0.25) is 0 Å². The maximum absolute atomic E-state index is 11.9. The minimum atomic E-state index is -4.54. The van der Waals surface area contributed by atoms with Crippen LogP contribution >= 0.6 is 7.82 Å². The third-order valence-electron chi connectivity index (χ3n) is 5.04. The first-order valence-electron chi connectivity index (χ1n) is 12.9. The van der Waals surface area contributed by atoms with E-state index in [1.165, 1.54) is 0 Å². The third kappa shape index (κ3) is 24.4. The first kappa shape index (κ1) is 34.7. The summed E-state index contributed by atoms with van der Waals surface area (Å²) in [5.41, 5.74) is 0. The number of phosphoric ester groups is 1. The van der Waals surface area contributed by atoms with Crippen molar-refractivity contribution >= 4 is 13.8 Å². The second-order valence-electron chi connectivity index (χ2n) is 9.60. The van der Waals surface area contributed by atoms with E-state index in [-0.39, 0.29) is 19.6 Å². The molecular formula is C26H48NO8P. The van der Waals surface area contributed by atoms with Gasteiger partial charge in [-0.25, -0.2) is 4.89 Å². The summed E-state index contributed by atoms with van der Waals surface area (Å²) in [7, 11) is 1.16. The van der Waals surface area contributed by atoms with E-state index in [9.17, 15) is 14.3 Å².